The van der Waals surface area contributed by atoms with Crippen molar-refractivity contribution in [3.63, 3.8) is 0 Å². The molecule has 3 rings (SSSR count). The highest BCUT2D eigenvalue weighted by atomic mass is 19.1. The number of para-hydroxylation sites is 1. The standard InChI is InChI=1S/C18H22FN3O2/c1-13-14(11-21-22(13)16-8-4-3-7-15(16)19)17(23)20-12-18(24)9-5-2-6-10-18/h3-4,7-8,11,24H,2,5-6,9-10,12H2,1H3,(H,20,23). The first-order valence-corrected chi connectivity index (χ1v) is 8.30. The number of nitrogens with zero attached hydrogens (tertiary/aromatic N) is 2. The molecule has 1 heterocycles. The molecule has 1 aliphatic rings. The number of hydrogen-bond donors (Lipinski definition) is 2. The smallest absolute Gasteiger partial charge is 0.254 e. The largest absolute Gasteiger partial charge is 0.388 e. The fourth-order valence-corrected chi connectivity index (χ4v) is 3.23. The van der Waals surface area contributed by atoms with Crippen LogP contribution in [0.15, 0.2) is 30.5 Å². The third-order valence-corrected chi connectivity index (χ3v) is 4.70. The van der Waals surface area contributed by atoms with Gasteiger partial charge in [0, 0.05) is 6.54 Å². The molecule has 0 unspecified atom stereocenters. The number of aliphatic hydroxyl groups is 1. The molecule has 128 valence electrons. The van der Waals surface area contributed by atoms with Crippen molar-refractivity contribution in [1.29, 1.82) is 0 Å². The van der Waals surface area contributed by atoms with Crippen LogP contribution in [-0.4, -0.2) is 32.9 Å². The summed E-state index contributed by atoms with van der Waals surface area (Å²) < 4.78 is 15.3. The van der Waals surface area contributed by atoms with Gasteiger partial charge in [0.05, 0.1) is 23.1 Å². The number of hydrogen-bond acceptors (Lipinski definition) is 3. The zero-order valence-electron chi connectivity index (χ0n) is 13.8. The average molecular weight is 331 g/mol. The van der Waals surface area contributed by atoms with E-state index in [1.807, 2.05) is 0 Å². The molecule has 6 heteroatoms. The number of rotatable bonds is 4. The van der Waals surface area contributed by atoms with Crippen LogP contribution >= 0.6 is 0 Å². The molecule has 1 aromatic carbocycles. The van der Waals surface area contributed by atoms with Crippen molar-refractivity contribution in [3.8, 4) is 5.69 Å². The fourth-order valence-electron chi connectivity index (χ4n) is 3.23. The second kappa shape index (κ2) is 6.73. The van der Waals surface area contributed by atoms with Gasteiger partial charge in [-0.1, -0.05) is 31.4 Å². The Morgan fingerprint density at radius 2 is 2.04 bits per heavy atom. The van der Waals surface area contributed by atoms with Crippen LogP contribution in [0.1, 0.15) is 48.2 Å². The van der Waals surface area contributed by atoms with E-state index in [1.165, 1.54) is 16.9 Å². The Kier molecular flexibility index (Phi) is 4.66. The normalized spacial score (nSPS) is 16.8. The maximum atomic E-state index is 13.9. The van der Waals surface area contributed by atoms with Gasteiger partial charge in [0.1, 0.15) is 11.5 Å². The molecule has 0 radical (unpaired) electrons. The van der Waals surface area contributed by atoms with Crippen molar-refractivity contribution < 1.29 is 14.3 Å². The molecular formula is C18H22FN3O2. The van der Waals surface area contributed by atoms with Crippen LogP contribution in [0.25, 0.3) is 5.69 Å². The van der Waals surface area contributed by atoms with Gasteiger partial charge in [-0.15, -0.1) is 0 Å². The molecule has 1 aliphatic carbocycles. The van der Waals surface area contributed by atoms with E-state index in [1.54, 1.807) is 25.1 Å². The van der Waals surface area contributed by atoms with Crippen LogP contribution < -0.4 is 5.32 Å². The molecule has 2 N–H and O–H groups in total. The number of carbonyl (C=O) groups is 1. The van der Waals surface area contributed by atoms with Crippen molar-refractivity contribution in [1.82, 2.24) is 15.1 Å². The number of amides is 1. The van der Waals surface area contributed by atoms with Crippen molar-refractivity contribution in [2.45, 2.75) is 44.6 Å². The van der Waals surface area contributed by atoms with Gasteiger partial charge in [-0.05, 0) is 31.9 Å². The monoisotopic (exact) mass is 331 g/mol. The highest BCUT2D eigenvalue weighted by Gasteiger charge is 2.30. The second-order valence-electron chi connectivity index (χ2n) is 6.47. The van der Waals surface area contributed by atoms with Gasteiger partial charge in [-0.3, -0.25) is 4.79 Å². The Morgan fingerprint density at radius 3 is 2.75 bits per heavy atom. The summed E-state index contributed by atoms with van der Waals surface area (Å²) in [4.78, 5) is 12.4. The van der Waals surface area contributed by atoms with Gasteiger partial charge >= 0.3 is 0 Å². The predicted octanol–water partition coefficient (Wildman–Crippen LogP) is 2.74. The maximum Gasteiger partial charge on any atom is 0.254 e. The summed E-state index contributed by atoms with van der Waals surface area (Å²) >= 11 is 0. The lowest BCUT2D eigenvalue weighted by Crippen LogP contribution is -2.44. The van der Waals surface area contributed by atoms with Gasteiger partial charge in [-0.25, -0.2) is 9.07 Å². The minimum Gasteiger partial charge on any atom is -0.388 e. The van der Waals surface area contributed by atoms with E-state index in [0.29, 0.717) is 29.8 Å². The Balaban J connectivity index is 1.73. The SMILES string of the molecule is Cc1c(C(=O)NCC2(O)CCCCC2)cnn1-c1ccccc1F. The Morgan fingerprint density at radius 1 is 1.33 bits per heavy atom. The molecule has 0 spiro atoms. The van der Waals surface area contributed by atoms with E-state index in [0.717, 1.165) is 19.3 Å². The lowest BCUT2D eigenvalue weighted by molar-refractivity contribution is 0.00525. The first-order chi connectivity index (χ1) is 11.5. The average Bonchev–Trinajstić information content (AvgIpc) is 2.95. The molecular weight excluding hydrogens is 309 g/mol. The number of nitrogens with one attached hydrogen (secondary N) is 1. The lowest BCUT2D eigenvalue weighted by atomic mass is 9.85. The van der Waals surface area contributed by atoms with E-state index in [2.05, 4.69) is 10.4 Å². The molecule has 0 atom stereocenters. The summed E-state index contributed by atoms with van der Waals surface area (Å²) in [5, 5.41) is 17.4. The number of halogens is 1. The summed E-state index contributed by atoms with van der Waals surface area (Å²) in [6.45, 7) is 1.96. The molecule has 0 saturated heterocycles. The Bertz CT molecular complexity index is 736. The van der Waals surface area contributed by atoms with Crippen LogP contribution in [-0.2, 0) is 0 Å². The number of carbonyl (C=O) groups excluding carboxylic acids is 1. The molecule has 1 saturated carbocycles. The molecule has 5 nitrogen and oxygen atoms in total. The van der Waals surface area contributed by atoms with E-state index in [4.69, 9.17) is 0 Å². The van der Waals surface area contributed by atoms with Gasteiger partial charge in [0.2, 0.25) is 0 Å². The van der Waals surface area contributed by atoms with E-state index < -0.39 is 11.4 Å². The molecule has 1 amide bonds. The molecule has 1 aromatic heterocycles. The van der Waals surface area contributed by atoms with Crippen LogP contribution in [0.2, 0.25) is 0 Å². The van der Waals surface area contributed by atoms with Crippen molar-refractivity contribution in [3.05, 3.63) is 47.5 Å². The van der Waals surface area contributed by atoms with Crippen molar-refractivity contribution in [2.75, 3.05) is 6.54 Å². The fraction of sp³-hybridized carbons (Fsp3) is 0.444. The van der Waals surface area contributed by atoms with Gasteiger partial charge in [-0.2, -0.15) is 5.10 Å². The van der Waals surface area contributed by atoms with E-state index >= 15 is 0 Å². The quantitative estimate of drug-likeness (QED) is 0.905. The number of benzene rings is 1. The van der Waals surface area contributed by atoms with Crippen LogP contribution in [0.5, 0.6) is 0 Å². The minimum atomic E-state index is -0.816. The van der Waals surface area contributed by atoms with Gasteiger partial charge in [0.15, 0.2) is 0 Å². The van der Waals surface area contributed by atoms with Gasteiger partial charge < -0.3 is 10.4 Å². The summed E-state index contributed by atoms with van der Waals surface area (Å²) in [5.74, 6) is -0.693. The number of aromatic nitrogens is 2. The lowest BCUT2D eigenvalue weighted by Gasteiger charge is -2.32. The zero-order chi connectivity index (χ0) is 17.2. The summed E-state index contributed by atoms with van der Waals surface area (Å²) in [6.07, 6.45) is 5.95. The third kappa shape index (κ3) is 3.33. The topological polar surface area (TPSA) is 67.2 Å². The van der Waals surface area contributed by atoms with E-state index in [-0.39, 0.29) is 12.5 Å². The Hall–Kier alpha value is -2.21. The van der Waals surface area contributed by atoms with Crippen molar-refractivity contribution in [2.24, 2.45) is 0 Å². The predicted molar refractivity (Wildman–Crippen MR) is 88.6 cm³/mol. The maximum absolute atomic E-state index is 13.9. The molecule has 24 heavy (non-hydrogen) atoms. The second-order valence-corrected chi connectivity index (χ2v) is 6.47. The van der Waals surface area contributed by atoms with Crippen LogP contribution in [0.4, 0.5) is 4.39 Å². The highest BCUT2D eigenvalue weighted by molar-refractivity contribution is 5.95. The first kappa shape index (κ1) is 16.6. The molecule has 2 aromatic rings. The summed E-state index contributed by atoms with van der Waals surface area (Å²) in [5.41, 5.74) is 0.439. The summed E-state index contributed by atoms with van der Waals surface area (Å²) in [6, 6.07) is 6.30. The molecule has 1 fully saturated rings. The Labute approximate surface area is 140 Å². The van der Waals surface area contributed by atoms with Crippen molar-refractivity contribution >= 4 is 5.91 Å². The summed E-state index contributed by atoms with van der Waals surface area (Å²) in [7, 11) is 0. The third-order valence-electron chi connectivity index (χ3n) is 4.70. The minimum absolute atomic E-state index is 0.232. The molecule has 0 aliphatic heterocycles. The first-order valence-electron chi connectivity index (χ1n) is 8.30. The highest BCUT2D eigenvalue weighted by Crippen LogP contribution is 2.27. The van der Waals surface area contributed by atoms with E-state index in [9.17, 15) is 14.3 Å². The van der Waals surface area contributed by atoms with Crippen LogP contribution in [0, 0.1) is 12.7 Å². The molecule has 0 bridgehead atoms. The van der Waals surface area contributed by atoms with Gasteiger partial charge in [0.25, 0.3) is 5.91 Å². The van der Waals surface area contributed by atoms with Crippen LogP contribution in [0.3, 0.4) is 0 Å². The zero-order valence-corrected chi connectivity index (χ0v) is 13.8.